The minimum atomic E-state index is -4.06. The topological polar surface area (TPSA) is 95.6 Å². The summed E-state index contributed by atoms with van der Waals surface area (Å²) in [6, 6.07) is 21.8. The molecule has 0 aliphatic heterocycles. The van der Waals surface area contributed by atoms with Gasteiger partial charge >= 0.3 is 0 Å². The molecule has 3 aromatic carbocycles. The molecule has 1 atom stereocenters. The summed E-state index contributed by atoms with van der Waals surface area (Å²) in [6.45, 7) is 2.73. The highest BCUT2D eigenvalue weighted by Crippen LogP contribution is 2.24. The molecule has 3 rings (SSSR count). The fraction of sp³-hybridized carbons (Fsp3) is 0.200. The zero-order valence-electron chi connectivity index (χ0n) is 18.9. The quantitative estimate of drug-likeness (QED) is 0.457. The molecule has 0 aliphatic rings. The van der Waals surface area contributed by atoms with Gasteiger partial charge in [-0.1, -0.05) is 60.1 Å². The number of nitrogens with one attached hydrogen (secondary N) is 2. The average molecular weight is 500 g/mol. The number of halogens is 1. The maximum absolute atomic E-state index is 13.5. The molecule has 0 heterocycles. The van der Waals surface area contributed by atoms with E-state index < -0.39 is 22.5 Å². The number of benzene rings is 3. The van der Waals surface area contributed by atoms with Gasteiger partial charge in [-0.05, 0) is 48.4 Å². The van der Waals surface area contributed by atoms with Gasteiger partial charge in [0.25, 0.3) is 0 Å². The Morgan fingerprint density at radius 2 is 1.56 bits per heavy atom. The van der Waals surface area contributed by atoms with Crippen LogP contribution >= 0.6 is 11.6 Å². The van der Waals surface area contributed by atoms with E-state index in [4.69, 9.17) is 11.6 Å². The lowest BCUT2D eigenvalue weighted by Gasteiger charge is -2.24. The lowest BCUT2D eigenvalue weighted by molar-refractivity contribution is -0.122. The van der Waals surface area contributed by atoms with E-state index in [1.165, 1.54) is 31.2 Å². The van der Waals surface area contributed by atoms with Crippen LogP contribution < -0.4 is 10.6 Å². The summed E-state index contributed by atoms with van der Waals surface area (Å²) in [4.78, 5) is 24.1. The maximum Gasteiger partial charge on any atom is 0.243 e. The molecular formula is C25H26ClN3O4S. The van der Waals surface area contributed by atoms with Crippen molar-refractivity contribution in [3.05, 3.63) is 95.0 Å². The third-order valence-electron chi connectivity index (χ3n) is 5.11. The van der Waals surface area contributed by atoms with Gasteiger partial charge in [-0.2, -0.15) is 4.31 Å². The minimum Gasteiger partial charge on any atom is -0.348 e. The Morgan fingerprint density at radius 1 is 0.941 bits per heavy atom. The Labute approximate surface area is 204 Å². The van der Waals surface area contributed by atoms with E-state index in [0.717, 1.165) is 9.87 Å². The van der Waals surface area contributed by atoms with Gasteiger partial charge in [0.1, 0.15) is 0 Å². The average Bonchev–Trinajstić information content (AvgIpc) is 2.80. The Balaban J connectivity index is 1.86. The van der Waals surface area contributed by atoms with Crippen molar-refractivity contribution >= 4 is 39.1 Å². The molecule has 0 unspecified atom stereocenters. The molecule has 2 amide bonds. The number of sulfonamides is 1. The fourth-order valence-electron chi connectivity index (χ4n) is 3.38. The SMILES string of the molecule is CC(=O)Nc1ccc(S(=O)(=O)N(CC(=O)N[C@H](C)c2ccccc2)Cc2ccccc2Cl)cc1. The van der Waals surface area contributed by atoms with E-state index >= 15 is 0 Å². The molecule has 34 heavy (non-hydrogen) atoms. The third kappa shape index (κ3) is 6.66. The van der Waals surface area contributed by atoms with Gasteiger partial charge in [0.15, 0.2) is 0 Å². The van der Waals surface area contributed by atoms with Crippen LogP contribution in [0.4, 0.5) is 5.69 Å². The first-order valence-corrected chi connectivity index (χ1v) is 12.4. The lowest BCUT2D eigenvalue weighted by atomic mass is 10.1. The van der Waals surface area contributed by atoms with Crippen LogP contribution in [-0.2, 0) is 26.2 Å². The summed E-state index contributed by atoms with van der Waals surface area (Å²) in [5.74, 6) is -0.706. The molecule has 9 heteroatoms. The fourth-order valence-corrected chi connectivity index (χ4v) is 4.95. The van der Waals surface area contributed by atoms with Crippen molar-refractivity contribution in [2.45, 2.75) is 31.3 Å². The molecular weight excluding hydrogens is 474 g/mol. The Kier molecular flexibility index (Phi) is 8.44. The molecule has 2 N–H and O–H groups in total. The molecule has 0 saturated heterocycles. The summed E-state index contributed by atoms with van der Waals surface area (Å²) in [7, 11) is -4.06. The summed E-state index contributed by atoms with van der Waals surface area (Å²) in [5.41, 5.74) is 1.95. The predicted octanol–water partition coefficient (Wildman–Crippen LogP) is 4.37. The molecule has 0 aliphatic carbocycles. The van der Waals surface area contributed by atoms with E-state index in [1.54, 1.807) is 24.3 Å². The molecule has 0 fully saturated rings. The minimum absolute atomic E-state index is 0.00226. The number of rotatable bonds is 9. The van der Waals surface area contributed by atoms with Gasteiger partial charge in [0, 0.05) is 24.2 Å². The lowest BCUT2D eigenvalue weighted by Crippen LogP contribution is -2.41. The highest BCUT2D eigenvalue weighted by molar-refractivity contribution is 7.89. The molecule has 178 valence electrons. The predicted molar refractivity (Wildman–Crippen MR) is 133 cm³/mol. The molecule has 0 spiro atoms. The van der Waals surface area contributed by atoms with Crippen LogP contribution in [0.25, 0.3) is 0 Å². The number of nitrogens with zero attached hydrogens (tertiary/aromatic N) is 1. The number of hydrogen-bond acceptors (Lipinski definition) is 4. The van der Waals surface area contributed by atoms with Crippen LogP contribution in [0.1, 0.15) is 31.0 Å². The van der Waals surface area contributed by atoms with Crippen LogP contribution in [0.15, 0.2) is 83.8 Å². The van der Waals surface area contributed by atoms with E-state index in [0.29, 0.717) is 16.3 Å². The number of amides is 2. The third-order valence-corrected chi connectivity index (χ3v) is 7.29. The van der Waals surface area contributed by atoms with Crippen molar-refractivity contribution in [2.75, 3.05) is 11.9 Å². The van der Waals surface area contributed by atoms with Gasteiger partial charge in [-0.15, -0.1) is 0 Å². The number of carbonyl (C=O) groups excluding carboxylic acids is 2. The van der Waals surface area contributed by atoms with Gasteiger partial charge in [-0.3, -0.25) is 9.59 Å². The van der Waals surface area contributed by atoms with Crippen molar-refractivity contribution < 1.29 is 18.0 Å². The van der Waals surface area contributed by atoms with Crippen molar-refractivity contribution in [3.63, 3.8) is 0 Å². The second-order valence-corrected chi connectivity index (χ2v) is 10.1. The summed E-state index contributed by atoms with van der Waals surface area (Å²) in [6.07, 6.45) is 0. The normalized spacial score (nSPS) is 12.2. The molecule has 7 nitrogen and oxygen atoms in total. The Bertz CT molecular complexity index is 1250. The van der Waals surface area contributed by atoms with Gasteiger partial charge in [0.2, 0.25) is 21.8 Å². The van der Waals surface area contributed by atoms with Crippen LogP contribution in [0.2, 0.25) is 5.02 Å². The summed E-state index contributed by atoms with van der Waals surface area (Å²) in [5, 5.41) is 5.86. The van der Waals surface area contributed by atoms with E-state index in [-0.39, 0.29) is 23.4 Å². The maximum atomic E-state index is 13.5. The first kappa shape index (κ1) is 25.4. The molecule has 3 aromatic rings. The number of anilines is 1. The Hall–Kier alpha value is -3.20. The second-order valence-electron chi connectivity index (χ2n) is 7.77. The largest absolute Gasteiger partial charge is 0.348 e. The Morgan fingerprint density at radius 3 is 2.18 bits per heavy atom. The molecule has 0 aromatic heterocycles. The number of carbonyl (C=O) groups is 2. The molecule has 0 radical (unpaired) electrons. The van der Waals surface area contributed by atoms with Crippen LogP contribution in [0, 0.1) is 0 Å². The zero-order chi connectivity index (χ0) is 24.7. The van der Waals surface area contributed by atoms with Crippen LogP contribution in [-0.4, -0.2) is 31.1 Å². The highest BCUT2D eigenvalue weighted by atomic mass is 35.5. The van der Waals surface area contributed by atoms with Crippen molar-refractivity contribution in [3.8, 4) is 0 Å². The highest BCUT2D eigenvalue weighted by Gasteiger charge is 2.28. The number of hydrogen-bond donors (Lipinski definition) is 2. The van der Waals surface area contributed by atoms with Gasteiger partial charge in [0.05, 0.1) is 17.5 Å². The van der Waals surface area contributed by atoms with Gasteiger partial charge < -0.3 is 10.6 Å². The second kappa shape index (κ2) is 11.3. The first-order valence-electron chi connectivity index (χ1n) is 10.6. The smallest absolute Gasteiger partial charge is 0.243 e. The van der Waals surface area contributed by atoms with E-state index in [2.05, 4.69) is 10.6 Å². The summed E-state index contributed by atoms with van der Waals surface area (Å²) < 4.78 is 28.1. The van der Waals surface area contributed by atoms with Crippen molar-refractivity contribution in [2.24, 2.45) is 0 Å². The first-order chi connectivity index (χ1) is 16.2. The van der Waals surface area contributed by atoms with Crippen LogP contribution in [0.3, 0.4) is 0 Å². The molecule has 0 saturated carbocycles. The zero-order valence-corrected chi connectivity index (χ0v) is 20.4. The van der Waals surface area contributed by atoms with Crippen molar-refractivity contribution in [1.29, 1.82) is 0 Å². The van der Waals surface area contributed by atoms with E-state index in [1.807, 2.05) is 37.3 Å². The monoisotopic (exact) mass is 499 g/mol. The van der Waals surface area contributed by atoms with Gasteiger partial charge in [-0.25, -0.2) is 8.42 Å². The van der Waals surface area contributed by atoms with Crippen molar-refractivity contribution in [1.82, 2.24) is 9.62 Å². The summed E-state index contributed by atoms with van der Waals surface area (Å²) >= 11 is 6.27. The van der Waals surface area contributed by atoms with E-state index in [9.17, 15) is 18.0 Å². The standard InChI is InChI=1S/C25H26ClN3O4S/c1-18(20-8-4-3-5-9-20)27-25(31)17-29(16-21-10-6-7-11-24(21)26)34(32,33)23-14-12-22(13-15-23)28-19(2)30/h3-15,18H,16-17H2,1-2H3,(H,27,31)(H,28,30)/t18-/m1/s1. The molecule has 0 bridgehead atoms. The van der Waals surface area contributed by atoms with Crippen LogP contribution in [0.5, 0.6) is 0 Å².